The highest BCUT2D eigenvalue weighted by molar-refractivity contribution is 7.10. The van der Waals surface area contributed by atoms with Crippen LogP contribution in [0.5, 0.6) is 0 Å². The van der Waals surface area contributed by atoms with Crippen LogP contribution in [-0.2, 0) is 11.2 Å². The van der Waals surface area contributed by atoms with Gasteiger partial charge in [-0.05, 0) is 17.9 Å². The minimum absolute atomic E-state index is 0.191. The van der Waals surface area contributed by atoms with Gasteiger partial charge in [0.05, 0.1) is 6.42 Å². The first kappa shape index (κ1) is 13.5. The number of halogens is 1. The van der Waals surface area contributed by atoms with E-state index in [9.17, 15) is 4.79 Å². The van der Waals surface area contributed by atoms with Gasteiger partial charge in [-0.15, -0.1) is 22.9 Å². The van der Waals surface area contributed by atoms with Gasteiger partial charge in [0, 0.05) is 23.8 Å². The Balaban J connectivity index is 2.46. The predicted molar refractivity (Wildman–Crippen MR) is 70.2 cm³/mol. The summed E-state index contributed by atoms with van der Waals surface area (Å²) in [4.78, 5) is 15.0. The molecular weight excluding hydrogens is 242 g/mol. The highest BCUT2D eigenvalue weighted by atomic mass is 35.5. The molecule has 1 aromatic heterocycles. The Bertz CT molecular complexity index is 300. The highest BCUT2D eigenvalue weighted by Crippen LogP contribution is 2.11. The molecule has 1 rings (SSSR count). The zero-order chi connectivity index (χ0) is 11.8. The van der Waals surface area contributed by atoms with Crippen LogP contribution in [0.3, 0.4) is 0 Å². The number of carbonyl (C=O) groups is 1. The van der Waals surface area contributed by atoms with Crippen molar-refractivity contribution in [1.82, 2.24) is 4.90 Å². The van der Waals surface area contributed by atoms with Gasteiger partial charge in [0.1, 0.15) is 0 Å². The number of carbonyl (C=O) groups excluding carboxylic acids is 1. The molecule has 0 unspecified atom stereocenters. The van der Waals surface area contributed by atoms with Crippen molar-refractivity contribution in [3.8, 4) is 0 Å². The van der Waals surface area contributed by atoms with E-state index in [0.29, 0.717) is 18.8 Å². The third-order valence-corrected chi connectivity index (χ3v) is 3.44. The molecule has 90 valence electrons. The summed E-state index contributed by atoms with van der Waals surface area (Å²) in [7, 11) is 0. The van der Waals surface area contributed by atoms with Crippen LogP contribution < -0.4 is 0 Å². The fraction of sp³-hybridized carbons (Fsp3) is 0.583. The van der Waals surface area contributed by atoms with Crippen LogP contribution in [0.25, 0.3) is 0 Å². The molecule has 16 heavy (non-hydrogen) atoms. The lowest BCUT2D eigenvalue weighted by atomic mass is 10.2. The lowest BCUT2D eigenvalue weighted by molar-refractivity contribution is -0.130. The third kappa shape index (κ3) is 4.54. The molecule has 0 spiro atoms. The number of hydrogen-bond acceptors (Lipinski definition) is 2. The van der Waals surface area contributed by atoms with Crippen molar-refractivity contribution in [2.24, 2.45) is 0 Å². The first-order valence-electron chi connectivity index (χ1n) is 5.64. The molecule has 0 saturated carbocycles. The molecule has 4 heteroatoms. The van der Waals surface area contributed by atoms with Crippen molar-refractivity contribution in [3.63, 3.8) is 0 Å². The van der Waals surface area contributed by atoms with Crippen LogP contribution >= 0.6 is 22.9 Å². The monoisotopic (exact) mass is 259 g/mol. The molecule has 0 aliphatic carbocycles. The quantitative estimate of drug-likeness (QED) is 0.689. The maximum absolute atomic E-state index is 12.0. The minimum atomic E-state index is 0.191. The van der Waals surface area contributed by atoms with Crippen molar-refractivity contribution in [3.05, 3.63) is 22.4 Å². The summed E-state index contributed by atoms with van der Waals surface area (Å²) in [5, 5.41) is 2.00. The fourth-order valence-corrected chi connectivity index (χ4v) is 2.39. The summed E-state index contributed by atoms with van der Waals surface area (Å²) >= 11 is 7.34. The molecule has 0 aliphatic heterocycles. The van der Waals surface area contributed by atoms with Crippen LogP contribution in [0, 0.1) is 0 Å². The molecule has 0 radical (unpaired) electrons. The Morgan fingerprint density at radius 3 is 2.88 bits per heavy atom. The lowest BCUT2D eigenvalue weighted by Gasteiger charge is -2.21. The van der Waals surface area contributed by atoms with E-state index in [1.807, 2.05) is 22.4 Å². The van der Waals surface area contributed by atoms with Crippen molar-refractivity contribution >= 4 is 28.8 Å². The predicted octanol–water partition coefficient (Wildman–Crippen LogP) is 3.16. The van der Waals surface area contributed by atoms with Crippen LogP contribution in [-0.4, -0.2) is 29.8 Å². The normalized spacial score (nSPS) is 10.4. The molecule has 0 fully saturated rings. The summed E-state index contributed by atoms with van der Waals surface area (Å²) in [5.41, 5.74) is 0. The van der Waals surface area contributed by atoms with E-state index in [1.165, 1.54) is 0 Å². The number of amides is 1. The van der Waals surface area contributed by atoms with E-state index in [-0.39, 0.29) is 5.91 Å². The zero-order valence-corrected chi connectivity index (χ0v) is 11.2. The topological polar surface area (TPSA) is 20.3 Å². The molecule has 1 heterocycles. The van der Waals surface area contributed by atoms with Crippen LogP contribution in [0.15, 0.2) is 17.5 Å². The van der Waals surface area contributed by atoms with Crippen LogP contribution in [0.2, 0.25) is 0 Å². The molecule has 0 aliphatic rings. The van der Waals surface area contributed by atoms with E-state index in [0.717, 1.165) is 24.3 Å². The molecule has 1 aromatic rings. The number of thiophene rings is 1. The number of hydrogen-bond donors (Lipinski definition) is 0. The third-order valence-electron chi connectivity index (χ3n) is 2.39. The van der Waals surface area contributed by atoms with Gasteiger partial charge in [0.15, 0.2) is 0 Å². The second kappa shape index (κ2) is 7.69. The largest absolute Gasteiger partial charge is 0.341 e. The van der Waals surface area contributed by atoms with E-state index < -0.39 is 0 Å². The summed E-state index contributed by atoms with van der Waals surface area (Å²) in [6.45, 7) is 3.61. The highest BCUT2D eigenvalue weighted by Gasteiger charge is 2.13. The van der Waals surface area contributed by atoms with Gasteiger partial charge in [0.25, 0.3) is 0 Å². The van der Waals surface area contributed by atoms with E-state index >= 15 is 0 Å². The van der Waals surface area contributed by atoms with Crippen molar-refractivity contribution in [2.45, 2.75) is 26.2 Å². The van der Waals surface area contributed by atoms with Gasteiger partial charge in [-0.25, -0.2) is 0 Å². The molecule has 0 bridgehead atoms. The number of rotatable bonds is 7. The average molecular weight is 260 g/mol. The Morgan fingerprint density at radius 1 is 1.50 bits per heavy atom. The van der Waals surface area contributed by atoms with Crippen LogP contribution in [0.1, 0.15) is 24.6 Å². The van der Waals surface area contributed by atoms with Gasteiger partial charge >= 0.3 is 0 Å². The zero-order valence-electron chi connectivity index (χ0n) is 9.62. The molecule has 0 saturated heterocycles. The van der Waals surface area contributed by atoms with Crippen molar-refractivity contribution in [2.75, 3.05) is 19.0 Å². The molecule has 0 atom stereocenters. The second-order valence-electron chi connectivity index (χ2n) is 3.68. The Morgan fingerprint density at radius 2 is 2.31 bits per heavy atom. The molecular formula is C12H18ClNOS. The molecule has 1 amide bonds. The molecule has 0 aromatic carbocycles. The first-order valence-corrected chi connectivity index (χ1v) is 7.05. The summed E-state index contributed by atoms with van der Waals surface area (Å²) in [6, 6.07) is 3.98. The minimum Gasteiger partial charge on any atom is -0.341 e. The maximum atomic E-state index is 12.0. The summed E-state index contributed by atoms with van der Waals surface area (Å²) < 4.78 is 0. The van der Waals surface area contributed by atoms with E-state index in [4.69, 9.17) is 11.6 Å². The van der Waals surface area contributed by atoms with Gasteiger partial charge in [-0.3, -0.25) is 4.79 Å². The number of alkyl halides is 1. The molecule has 0 N–H and O–H groups in total. The van der Waals surface area contributed by atoms with Gasteiger partial charge in [-0.1, -0.05) is 19.4 Å². The van der Waals surface area contributed by atoms with Gasteiger partial charge < -0.3 is 4.90 Å². The standard InChI is InChI=1S/C12H18ClNOS/c1-2-3-7-14(8-6-13)12(15)10-11-5-4-9-16-11/h4-5,9H,2-3,6-8,10H2,1H3. The first-order chi connectivity index (χ1) is 7.77. The molecule has 2 nitrogen and oxygen atoms in total. The Kier molecular flexibility index (Phi) is 6.50. The lowest BCUT2D eigenvalue weighted by Crippen LogP contribution is -2.34. The number of nitrogens with zero attached hydrogens (tertiary/aromatic N) is 1. The SMILES string of the molecule is CCCCN(CCCl)C(=O)Cc1cccs1. The fourth-order valence-electron chi connectivity index (χ4n) is 1.49. The average Bonchev–Trinajstić information content (AvgIpc) is 2.76. The number of unbranched alkanes of at least 4 members (excludes halogenated alkanes) is 1. The van der Waals surface area contributed by atoms with E-state index in [1.54, 1.807) is 11.3 Å². The van der Waals surface area contributed by atoms with Crippen molar-refractivity contribution in [1.29, 1.82) is 0 Å². The smallest absolute Gasteiger partial charge is 0.227 e. The van der Waals surface area contributed by atoms with Crippen LogP contribution in [0.4, 0.5) is 0 Å². The summed E-state index contributed by atoms with van der Waals surface area (Å²) in [6.07, 6.45) is 2.66. The Labute approximate surface area is 106 Å². The summed E-state index contributed by atoms with van der Waals surface area (Å²) in [5.74, 6) is 0.705. The Hall–Kier alpha value is -0.540. The van der Waals surface area contributed by atoms with Gasteiger partial charge in [-0.2, -0.15) is 0 Å². The van der Waals surface area contributed by atoms with E-state index in [2.05, 4.69) is 6.92 Å². The maximum Gasteiger partial charge on any atom is 0.227 e. The van der Waals surface area contributed by atoms with Crippen molar-refractivity contribution < 1.29 is 4.79 Å². The van der Waals surface area contributed by atoms with Gasteiger partial charge in [0.2, 0.25) is 5.91 Å². The second-order valence-corrected chi connectivity index (χ2v) is 5.09.